The van der Waals surface area contributed by atoms with Crippen LogP contribution < -0.4 is 9.47 Å². The molecule has 174 valence electrons. The maximum atomic E-state index is 13.4. The standard InChI is InChI=1S/C26H17FN2O5S/c27-16-3-6-20-24(10-16)35-25(29-20)11-21(30)14-1-4-17(5-2-14)34-22-12-23-19(9-15(22)13-28)18(26(31)32)7-8-33-23/h1-6,9-10,12,18H,7-8,11H2,(H,31,32). The quantitative estimate of drug-likeness (QED) is 0.358. The maximum absolute atomic E-state index is 13.4. The summed E-state index contributed by atoms with van der Waals surface area (Å²) in [5.41, 5.74) is 1.75. The van der Waals surface area contributed by atoms with Crippen molar-refractivity contribution in [1.82, 2.24) is 4.98 Å². The van der Waals surface area contributed by atoms with Crippen molar-refractivity contribution in [3.8, 4) is 23.3 Å². The zero-order chi connectivity index (χ0) is 24.5. The van der Waals surface area contributed by atoms with E-state index in [1.165, 1.54) is 35.6 Å². The first-order valence-electron chi connectivity index (χ1n) is 10.7. The van der Waals surface area contributed by atoms with Gasteiger partial charge in [0.15, 0.2) is 5.78 Å². The summed E-state index contributed by atoms with van der Waals surface area (Å²) in [5, 5.41) is 19.6. The number of halogens is 1. The summed E-state index contributed by atoms with van der Waals surface area (Å²) in [6, 6.07) is 15.8. The van der Waals surface area contributed by atoms with Crippen molar-refractivity contribution in [2.75, 3.05) is 6.61 Å². The molecule has 0 saturated carbocycles. The van der Waals surface area contributed by atoms with Gasteiger partial charge in [-0.15, -0.1) is 11.3 Å². The van der Waals surface area contributed by atoms with Crippen molar-refractivity contribution < 1.29 is 28.6 Å². The van der Waals surface area contributed by atoms with Gasteiger partial charge in [-0.05, 0) is 55.0 Å². The van der Waals surface area contributed by atoms with E-state index < -0.39 is 11.9 Å². The van der Waals surface area contributed by atoms with Gasteiger partial charge < -0.3 is 14.6 Å². The Labute approximate surface area is 203 Å². The highest BCUT2D eigenvalue weighted by atomic mass is 32.1. The lowest BCUT2D eigenvalue weighted by molar-refractivity contribution is -0.139. The average molecular weight is 488 g/mol. The molecule has 0 spiro atoms. The Balaban J connectivity index is 1.33. The van der Waals surface area contributed by atoms with Crippen molar-refractivity contribution in [3.05, 3.63) is 82.1 Å². The molecule has 1 atom stereocenters. The molecule has 0 aliphatic carbocycles. The van der Waals surface area contributed by atoms with E-state index in [0.717, 1.165) is 0 Å². The second-order valence-electron chi connectivity index (χ2n) is 7.97. The minimum Gasteiger partial charge on any atom is -0.493 e. The van der Waals surface area contributed by atoms with Crippen molar-refractivity contribution in [3.63, 3.8) is 0 Å². The molecule has 1 N–H and O–H groups in total. The number of carboxylic acid groups (broad SMARTS) is 1. The van der Waals surface area contributed by atoms with Crippen LogP contribution in [0.2, 0.25) is 0 Å². The Morgan fingerprint density at radius 1 is 1.20 bits per heavy atom. The molecule has 0 amide bonds. The van der Waals surface area contributed by atoms with Crippen molar-refractivity contribution in [2.45, 2.75) is 18.8 Å². The summed E-state index contributed by atoms with van der Waals surface area (Å²) in [6.45, 7) is 0.260. The summed E-state index contributed by atoms with van der Waals surface area (Å²) in [7, 11) is 0. The Kier molecular flexibility index (Phi) is 5.89. The number of aromatic nitrogens is 1. The van der Waals surface area contributed by atoms with E-state index in [2.05, 4.69) is 4.98 Å². The Morgan fingerprint density at radius 2 is 2.00 bits per heavy atom. The number of hydrogen-bond acceptors (Lipinski definition) is 7. The average Bonchev–Trinajstić information content (AvgIpc) is 3.24. The third-order valence-corrected chi connectivity index (χ3v) is 6.70. The molecule has 4 aromatic rings. The fraction of sp³-hybridized carbons (Fsp3) is 0.154. The van der Waals surface area contributed by atoms with Gasteiger partial charge in [0.25, 0.3) is 0 Å². The first-order chi connectivity index (χ1) is 16.9. The van der Waals surface area contributed by atoms with Gasteiger partial charge in [0.05, 0.1) is 34.7 Å². The zero-order valence-electron chi connectivity index (χ0n) is 18.2. The summed E-state index contributed by atoms with van der Waals surface area (Å²) in [6.07, 6.45) is 0.420. The maximum Gasteiger partial charge on any atom is 0.311 e. The number of carbonyl (C=O) groups excluding carboxylic acids is 1. The molecular weight excluding hydrogens is 471 g/mol. The first-order valence-corrected chi connectivity index (χ1v) is 11.5. The lowest BCUT2D eigenvalue weighted by Crippen LogP contribution is -2.21. The minimum absolute atomic E-state index is 0.0899. The first kappa shape index (κ1) is 22.5. The Morgan fingerprint density at radius 3 is 2.74 bits per heavy atom. The second kappa shape index (κ2) is 9.16. The van der Waals surface area contributed by atoms with Gasteiger partial charge in [0.2, 0.25) is 0 Å². The number of hydrogen-bond donors (Lipinski definition) is 1. The number of ketones is 1. The van der Waals surface area contributed by atoms with Crippen molar-refractivity contribution in [1.29, 1.82) is 5.26 Å². The summed E-state index contributed by atoms with van der Waals surface area (Å²) >= 11 is 1.28. The van der Waals surface area contributed by atoms with E-state index in [1.807, 2.05) is 6.07 Å². The molecule has 1 unspecified atom stereocenters. The highest BCUT2D eigenvalue weighted by Crippen LogP contribution is 2.39. The molecule has 0 saturated heterocycles. The van der Waals surface area contributed by atoms with Crippen LogP contribution in [0.1, 0.15) is 38.8 Å². The van der Waals surface area contributed by atoms with Crippen molar-refractivity contribution >= 4 is 33.3 Å². The van der Waals surface area contributed by atoms with Gasteiger partial charge >= 0.3 is 5.97 Å². The molecule has 5 rings (SSSR count). The SMILES string of the molecule is N#Cc1cc2c(cc1Oc1ccc(C(=O)Cc3nc4ccc(F)cc4s3)cc1)OCCC2C(=O)O. The summed E-state index contributed by atoms with van der Waals surface area (Å²) < 4.78 is 25.5. The van der Waals surface area contributed by atoms with Crippen LogP contribution in [-0.4, -0.2) is 28.4 Å². The van der Waals surface area contributed by atoms with E-state index in [9.17, 15) is 24.3 Å². The number of carboxylic acids is 1. The van der Waals surface area contributed by atoms with E-state index in [0.29, 0.717) is 44.3 Å². The summed E-state index contributed by atoms with van der Waals surface area (Å²) in [4.78, 5) is 28.6. The van der Waals surface area contributed by atoms with Crippen LogP contribution in [0, 0.1) is 17.1 Å². The highest BCUT2D eigenvalue weighted by Gasteiger charge is 2.29. The van der Waals surface area contributed by atoms with E-state index >= 15 is 0 Å². The monoisotopic (exact) mass is 488 g/mol. The molecule has 0 radical (unpaired) electrons. The highest BCUT2D eigenvalue weighted by molar-refractivity contribution is 7.18. The molecule has 1 aliphatic rings. The molecule has 0 bridgehead atoms. The molecule has 35 heavy (non-hydrogen) atoms. The van der Waals surface area contributed by atoms with Crippen LogP contribution in [0.3, 0.4) is 0 Å². The number of benzene rings is 3. The van der Waals surface area contributed by atoms with Gasteiger partial charge in [0, 0.05) is 17.2 Å². The molecule has 1 aromatic heterocycles. The van der Waals surface area contributed by atoms with Crippen LogP contribution >= 0.6 is 11.3 Å². The van der Waals surface area contributed by atoms with Gasteiger partial charge in [-0.2, -0.15) is 5.26 Å². The zero-order valence-corrected chi connectivity index (χ0v) is 19.0. The van der Waals surface area contributed by atoms with E-state index in [-0.39, 0.29) is 35.9 Å². The predicted molar refractivity (Wildman–Crippen MR) is 126 cm³/mol. The van der Waals surface area contributed by atoms with Crippen LogP contribution in [0.25, 0.3) is 10.2 Å². The number of thiazole rings is 1. The van der Waals surface area contributed by atoms with E-state index in [4.69, 9.17) is 9.47 Å². The molecule has 0 fully saturated rings. The van der Waals surface area contributed by atoms with Gasteiger partial charge in [-0.3, -0.25) is 9.59 Å². The number of aliphatic carboxylic acids is 1. The van der Waals surface area contributed by atoms with Gasteiger partial charge in [-0.25, -0.2) is 9.37 Å². The lowest BCUT2D eigenvalue weighted by Gasteiger charge is -2.24. The molecule has 1 aliphatic heterocycles. The van der Waals surface area contributed by atoms with Gasteiger partial charge in [-0.1, -0.05) is 0 Å². The van der Waals surface area contributed by atoms with Crippen molar-refractivity contribution in [2.24, 2.45) is 0 Å². The predicted octanol–water partition coefficient (Wildman–Crippen LogP) is 5.48. The normalized spacial score (nSPS) is 14.6. The molecule has 2 heterocycles. The lowest BCUT2D eigenvalue weighted by atomic mass is 9.91. The Bertz CT molecular complexity index is 1510. The topological polar surface area (TPSA) is 110 Å². The molecule has 3 aromatic carbocycles. The van der Waals surface area contributed by atoms with Crippen LogP contribution in [-0.2, 0) is 11.2 Å². The summed E-state index contributed by atoms with van der Waals surface area (Å²) in [5.74, 6) is -1.18. The number of Topliss-reactive ketones (excluding diaryl/α,β-unsaturated/α-hetero) is 1. The molecule has 9 heteroatoms. The number of ether oxygens (including phenoxy) is 2. The van der Waals surface area contributed by atoms with Crippen LogP contribution in [0.4, 0.5) is 4.39 Å². The van der Waals surface area contributed by atoms with Crippen LogP contribution in [0.15, 0.2) is 54.6 Å². The molecular formula is C26H17FN2O5S. The largest absolute Gasteiger partial charge is 0.493 e. The fourth-order valence-corrected chi connectivity index (χ4v) is 4.93. The van der Waals surface area contributed by atoms with E-state index in [1.54, 1.807) is 30.3 Å². The number of nitrogens with zero attached hydrogens (tertiary/aromatic N) is 2. The second-order valence-corrected chi connectivity index (χ2v) is 9.09. The third-order valence-electron chi connectivity index (χ3n) is 5.68. The number of rotatable bonds is 6. The number of carbonyl (C=O) groups is 2. The smallest absolute Gasteiger partial charge is 0.311 e. The number of fused-ring (bicyclic) bond motifs is 2. The van der Waals surface area contributed by atoms with Crippen LogP contribution in [0.5, 0.6) is 17.2 Å². The fourth-order valence-electron chi connectivity index (χ4n) is 3.94. The van der Waals surface area contributed by atoms with Gasteiger partial charge in [0.1, 0.15) is 34.1 Å². The Hall–Kier alpha value is -4.29. The molecule has 7 nitrogen and oxygen atoms in total. The minimum atomic E-state index is -0.967. The number of nitriles is 1. The third kappa shape index (κ3) is 4.56.